The smallest absolute Gasteiger partial charge is 0.306 e. The summed E-state index contributed by atoms with van der Waals surface area (Å²) >= 11 is 0. The van der Waals surface area contributed by atoms with E-state index in [2.05, 4.69) is 0 Å². The Morgan fingerprint density at radius 2 is 2.00 bits per heavy atom. The average Bonchev–Trinajstić information content (AvgIpc) is 2.29. The van der Waals surface area contributed by atoms with E-state index in [1.165, 1.54) is 0 Å². The summed E-state index contributed by atoms with van der Waals surface area (Å²) in [6, 6.07) is 0. The van der Waals surface area contributed by atoms with Crippen LogP contribution in [0.2, 0.25) is 0 Å². The van der Waals surface area contributed by atoms with Crippen molar-refractivity contribution in [2.45, 2.75) is 38.5 Å². The van der Waals surface area contributed by atoms with Gasteiger partial charge in [-0.05, 0) is 43.9 Å². The van der Waals surface area contributed by atoms with Crippen LogP contribution in [0.1, 0.15) is 38.5 Å². The molecule has 1 N–H and O–H groups in total. The van der Waals surface area contributed by atoms with Crippen molar-refractivity contribution < 1.29 is 14.7 Å². The van der Waals surface area contributed by atoms with Gasteiger partial charge in [-0.15, -0.1) is 0 Å². The van der Waals surface area contributed by atoms with E-state index >= 15 is 0 Å². The van der Waals surface area contributed by atoms with E-state index in [-0.39, 0.29) is 11.3 Å². The van der Waals surface area contributed by atoms with Gasteiger partial charge < -0.3 is 10.0 Å². The molecule has 4 nitrogen and oxygen atoms in total. The van der Waals surface area contributed by atoms with Crippen LogP contribution in [0, 0.1) is 11.3 Å². The molecule has 2 aliphatic rings. The van der Waals surface area contributed by atoms with Gasteiger partial charge in [0.05, 0.1) is 5.92 Å². The number of rotatable bonds is 2. The van der Waals surface area contributed by atoms with Gasteiger partial charge in [-0.2, -0.15) is 0 Å². The van der Waals surface area contributed by atoms with Crippen molar-refractivity contribution in [3.63, 3.8) is 0 Å². The number of piperidine rings is 1. The highest BCUT2D eigenvalue weighted by atomic mass is 16.4. The van der Waals surface area contributed by atoms with Crippen LogP contribution in [0.15, 0.2) is 0 Å². The molecule has 1 aliphatic carbocycles. The molecule has 2 fully saturated rings. The van der Waals surface area contributed by atoms with E-state index in [0.29, 0.717) is 0 Å². The first kappa shape index (κ1) is 11.4. The average molecular weight is 225 g/mol. The molecule has 0 atom stereocenters. The fourth-order valence-electron chi connectivity index (χ4n) is 3.22. The predicted molar refractivity (Wildman–Crippen MR) is 58.9 cm³/mol. The Hall–Kier alpha value is -1.06. The standard InChI is InChI=1S/C12H19NO3/c14-9-13-7-1-4-12(8-13)5-2-10(3-6-12)11(15)16/h9-10H,1-8H2,(H,15,16). The molecule has 1 heterocycles. The van der Waals surface area contributed by atoms with Gasteiger partial charge >= 0.3 is 5.97 Å². The third kappa shape index (κ3) is 2.20. The van der Waals surface area contributed by atoms with Crippen LogP contribution in [0.5, 0.6) is 0 Å². The summed E-state index contributed by atoms with van der Waals surface area (Å²) in [6.45, 7) is 1.70. The molecule has 16 heavy (non-hydrogen) atoms. The van der Waals surface area contributed by atoms with Gasteiger partial charge in [0, 0.05) is 13.1 Å². The number of likely N-dealkylation sites (tertiary alicyclic amines) is 1. The molecule has 1 spiro atoms. The highest BCUT2D eigenvalue weighted by Crippen LogP contribution is 2.44. The van der Waals surface area contributed by atoms with Crippen LogP contribution in [-0.4, -0.2) is 35.5 Å². The highest BCUT2D eigenvalue weighted by molar-refractivity contribution is 5.70. The Kier molecular flexibility index (Phi) is 3.17. The molecule has 4 heteroatoms. The molecule has 1 amide bonds. The molecule has 0 bridgehead atoms. The van der Waals surface area contributed by atoms with Gasteiger partial charge in [-0.3, -0.25) is 9.59 Å². The Labute approximate surface area is 95.6 Å². The number of carboxylic acid groups (broad SMARTS) is 1. The minimum absolute atomic E-state index is 0.155. The summed E-state index contributed by atoms with van der Waals surface area (Å²) < 4.78 is 0. The number of carboxylic acids is 1. The lowest BCUT2D eigenvalue weighted by molar-refractivity contribution is -0.144. The van der Waals surface area contributed by atoms with Crippen molar-refractivity contribution in [3.8, 4) is 0 Å². The summed E-state index contributed by atoms with van der Waals surface area (Å²) in [5, 5.41) is 8.96. The SMILES string of the molecule is O=CN1CCCC2(CCC(C(=O)O)CC2)C1. The summed E-state index contributed by atoms with van der Waals surface area (Å²) in [7, 11) is 0. The number of amides is 1. The van der Waals surface area contributed by atoms with E-state index in [0.717, 1.165) is 58.0 Å². The topological polar surface area (TPSA) is 57.6 Å². The van der Waals surface area contributed by atoms with Crippen LogP contribution in [0.4, 0.5) is 0 Å². The van der Waals surface area contributed by atoms with E-state index < -0.39 is 5.97 Å². The maximum Gasteiger partial charge on any atom is 0.306 e. The van der Waals surface area contributed by atoms with Crippen molar-refractivity contribution >= 4 is 12.4 Å². The zero-order chi connectivity index (χ0) is 11.6. The summed E-state index contributed by atoms with van der Waals surface area (Å²) in [4.78, 5) is 23.5. The maximum absolute atomic E-state index is 10.9. The molecule has 1 saturated carbocycles. The molecule has 0 aromatic rings. The normalized spacial score (nSPS) is 35.0. The first-order chi connectivity index (χ1) is 7.65. The molecule has 90 valence electrons. The molecule has 0 aromatic heterocycles. The van der Waals surface area contributed by atoms with Gasteiger partial charge in [-0.25, -0.2) is 0 Å². The van der Waals surface area contributed by atoms with Crippen LogP contribution in [0.3, 0.4) is 0 Å². The van der Waals surface area contributed by atoms with Crippen molar-refractivity contribution in [2.75, 3.05) is 13.1 Å². The second kappa shape index (κ2) is 4.44. The van der Waals surface area contributed by atoms with Crippen LogP contribution < -0.4 is 0 Å². The van der Waals surface area contributed by atoms with Crippen molar-refractivity contribution in [2.24, 2.45) is 11.3 Å². The lowest BCUT2D eigenvalue weighted by Gasteiger charge is -2.45. The number of aliphatic carboxylic acids is 1. The quantitative estimate of drug-likeness (QED) is 0.724. The van der Waals surface area contributed by atoms with Crippen LogP contribution >= 0.6 is 0 Å². The fourth-order valence-corrected chi connectivity index (χ4v) is 3.22. The van der Waals surface area contributed by atoms with Crippen LogP contribution in [0.25, 0.3) is 0 Å². The van der Waals surface area contributed by atoms with Gasteiger partial charge in [0.15, 0.2) is 0 Å². The maximum atomic E-state index is 10.9. The van der Waals surface area contributed by atoms with Crippen molar-refractivity contribution in [1.29, 1.82) is 0 Å². The molecule has 1 saturated heterocycles. The lowest BCUT2D eigenvalue weighted by atomic mass is 9.66. The second-order valence-electron chi connectivity index (χ2n) is 5.29. The summed E-state index contributed by atoms with van der Waals surface area (Å²) in [5.41, 5.74) is 0.227. The molecule has 2 rings (SSSR count). The monoisotopic (exact) mass is 225 g/mol. The minimum atomic E-state index is -0.655. The van der Waals surface area contributed by atoms with Crippen molar-refractivity contribution in [1.82, 2.24) is 4.90 Å². The van der Waals surface area contributed by atoms with E-state index in [1.54, 1.807) is 0 Å². The Morgan fingerprint density at radius 3 is 2.56 bits per heavy atom. The number of carbonyl (C=O) groups excluding carboxylic acids is 1. The number of hydrogen-bond acceptors (Lipinski definition) is 2. The lowest BCUT2D eigenvalue weighted by Crippen LogP contribution is -2.45. The summed E-state index contributed by atoms with van der Waals surface area (Å²) in [5.74, 6) is -0.810. The zero-order valence-corrected chi connectivity index (χ0v) is 9.52. The van der Waals surface area contributed by atoms with Crippen LogP contribution in [-0.2, 0) is 9.59 Å². The fraction of sp³-hybridized carbons (Fsp3) is 0.833. The number of carbonyl (C=O) groups is 2. The third-order valence-corrected chi connectivity index (χ3v) is 4.24. The van der Waals surface area contributed by atoms with Crippen molar-refractivity contribution in [3.05, 3.63) is 0 Å². The minimum Gasteiger partial charge on any atom is -0.481 e. The predicted octanol–water partition coefficient (Wildman–Crippen LogP) is 1.50. The Bertz CT molecular complexity index is 282. The number of hydrogen-bond donors (Lipinski definition) is 1. The van der Waals surface area contributed by atoms with Gasteiger partial charge in [0.1, 0.15) is 0 Å². The van der Waals surface area contributed by atoms with E-state index in [9.17, 15) is 9.59 Å². The molecular formula is C12H19NO3. The van der Waals surface area contributed by atoms with Gasteiger partial charge in [0.25, 0.3) is 0 Å². The summed E-state index contributed by atoms with van der Waals surface area (Å²) in [6.07, 6.45) is 6.65. The zero-order valence-electron chi connectivity index (χ0n) is 9.52. The molecule has 0 unspecified atom stereocenters. The highest BCUT2D eigenvalue weighted by Gasteiger charge is 2.40. The third-order valence-electron chi connectivity index (χ3n) is 4.24. The van der Waals surface area contributed by atoms with E-state index in [1.807, 2.05) is 4.90 Å². The van der Waals surface area contributed by atoms with Gasteiger partial charge in [-0.1, -0.05) is 0 Å². The van der Waals surface area contributed by atoms with Gasteiger partial charge in [0.2, 0.25) is 6.41 Å². The molecule has 1 aliphatic heterocycles. The van der Waals surface area contributed by atoms with E-state index in [4.69, 9.17) is 5.11 Å². The second-order valence-corrected chi connectivity index (χ2v) is 5.29. The first-order valence-corrected chi connectivity index (χ1v) is 6.07. The largest absolute Gasteiger partial charge is 0.481 e. The first-order valence-electron chi connectivity index (χ1n) is 6.07. The number of nitrogens with zero attached hydrogens (tertiary/aromatic N) is 1. The Morgan fingerprint density at radius 1 is 1.31 bits per heavy atom. The molecular weight excluding hydrogens is 206 g/mol. The molecule has 0 aromatic carbocycles. The molecule has 0 radical (unpaired) electrons. The Balaban J connectivity index is 1.95.